The fraction of sp³-hybridized carbons (Fsp3) is 0.333. The molecule has 1 aromatic heterocycles. The number of amides is 1. The van der Waals surface area contributed by atoms with E-state index in [1.165, 1.54) is 27.6 Å². The number of carbonyl (C=O) groups is 2. The molecule has 0 radical (unpaired) electrons. The van der Waals surface area contributed by atoms with Crippen molar-refractivity contribution >= 4 is 11.9 Å². The van der Waals surface area contributed by atoms with Gasteiger partial charge in [0.1, 0.15) is 12.0 Å². The summed E-state index contributed by atoms with van der Waals surface area (Å²) in [6, 6.07) is 6.09. The topological polar surface area (TPSA) is 113 Å². The number of nitrogens with one attached hydrogen (secondary N) is 1. The minimum absolute atomic E-state index is 0.0423. The molecule has 8 heteroatoms. The summed E-state index contributed by atoms with van der Waals surface area (Å²) in [5, 5.41) is 2.80. The van der Waals surface area contributed by atoms with Gasteiger partial charge in [-0.2, -0.15) is 0 Å². The highest BCUT2D eigenvalue weighted by Gasteiger charge is 2.22. The number of rotatable bonds is 8. The molecule has 0 saturated heterocycles. The maximum Gasteiger partial charge on any atom is 0.307 e. The molecule has 0 bridgehead atoms. The zero-order valence-electron chi connectivity index (χ0n) is 14.9. The van der Waals surface area contributed by atoms with Gasteiger partial charge in [0, 0.05) is 0 Å². The van der Waals surface area contributed by atoms with Gasteiger partial charge in [-0.25, -0.2) is 0 Å². The number of hydrogen-bond acceptors (Lipinski definition) is 7. The summed E-state index contributed by atoms with van der Waals surface area (Å²) in [5.41, 5.74) is 6.48. The Balaban J connectivity index is 2.28. The van der Waals surface area contributed by atoms with E-state index in [4.69, 9.17) is 24.4 Å². The van der Waals surface area contributed by atoms with Crippen molar-refractivity contribution in [1.82, 2.24) is 5.32 Å². The Labute approximate surface area is 151 Å². The third-order valence-electron chi connectivity index (χ3n) is 3.83. The van der Waals surface area contributed by atoms with E-state index in [2.05, 4.69) is 5.32 Å². The largest absolute Gasteiger partial charge is 0.493 e. The fourth-order valence-electron chi connectivity index (χ4n) is 2.42. The van der Waals surface area contributed by atoms with Crippen LogP contribution in [-0.4, -0.2) is 33.2 Å². The van der Waals surface area contributed by atoms with Crippen molar-refractivity contribution in [3.05, 3.63) is 47.4 Å². The molecule has 0 aliphatic heterocycles. The van der Waals surface area contributed by atoms with E-state index in [1.807, 2.05) is 0 Å². The smallest absolute Gasteiger partial charge is 0.307 e. The lowest BCUT2D eigenvalue weighted by atomic mass is 10.0. The van der Waals surface area contributed by atoms with E-state index in [-0.39, 0.29) is 13.0 Å². The molecular formula is C18H22N2O6. The van der Waals surface area contributed by atoms with Gasteiger partial charge in [0.15, 0.2) is 11.5 Å². The van der Waals surface area contributed by atoms with E-state index < -0.39 is 17.9 Å². The molecule has 26 heavy (non-hydrogen) atoms. The molecule has 1 aromatic carbocycles. The van der Waals surface area contributed by atoms with Crippen LogP contribution in [0.4, 0.5) is 0 Å². The summed E-state index contributed by atoms with van der Waals surface area (Å²) in [6.07, 6.45) is 1.28. The van der Waals surface area contributed by atoms with Crippen LogP contribution >= 0.6 is 0 Å². The minimum Gasteiger partial charge on any atom is -0.493 e. The average Bonchev–Trinajstić information content (AvgIpc) is 3.16. The molecule has 1 unspecified atom stereocenters. The van der Waals surface area contributed by atoms with Crippen LogP contribution in [0.5, 0.6) is 11.5 Å². The highest BCUT2D eigenvalue weighted by Crippen LogP contribution is 2.31. The maximum absolute atomic E-state index is 12.5. The number of ether oxygens (including phenoxy) is 3. The number of esters is 1. The molecule has 140 valence electrons. The van der Waals surface area contributed by atoms with Crippen molar-refractivity contribution in [2.24, 2.45) is 5.73 Å². The summed E-state index contributed by atoms with van der Waals surface area (Å²) >= 11 is 0. The first-order valence-corrected chi connectivity index (χ1v) is 7.89. The Hall–Kier alpha value is -3.00. The van der Waals surface area contributed by atoms with Crippen LogP contribution in [0.1, 0.15) is 34.1 Å². The summed E-state index contributed by atoms with van der Waals surface area (Å²) < 4.78 is 20.4. The molecule has 0 spiro atoms. The standard InChI is InChI=1S/C18H22N2O6/c1-23-15-5-4-11(7-16(15)24-2)14(8-17(21)25-3)20-18(22)12-6-13(9-19)26-10-12/h4-7,10,14H,8-9,19H2,1-3H3,(H,20,22). The molecule has 0 saturated carbocycles. The van der Waals surface area contributed by atoms with E-state index in [1.54, 1.807) is 24.3 Å². The molecule has 8 nitrogen and oxygen atoms in total. The van der Waals surface area contributed by atoms with Gasteiger partial charge >= 0.3 is 5.97 Å². The predicted molar refractivity (Wildman–Crippen MR) is 93.0 cm³/mol. The summed E-state index contributed by atoms with van der Waals surface area (Å²) in [6.45, 7) is 0.189. The van der Waals surface area contributed by atoms with Crippen LogP contribution in [0.15, 0.2) is 34.9 Å². The molecule has 1 atom stereocenters. The van der Waals surface area contributed by atoms with E-state index >= 15 is 0 Å². The molecule has 0 aliphatic rings. The van der Waals surface area contributed by atoms with Crippen LogP contribution in [-0.2, 0) is 16.1 Å². The summed E-state index contributed by atoms with van der Waals surface area (Å²) in [4.78, 5) is 24.3. The normalized spacial score (nSPS) is 11.5. The molecule has 1 heterocycles. The van der Waals surface area contributed by atoms with Crippen molar-refractivity contribution < 1.29 is 28.2 Å². The van der Waals surface area contributed by atoms with Crippen LogP contribution in [0.3, 0.4) is 0 Å². The Bertz CT molecular complexity index is 771. The predicted octanol–water partition coefficient (Wildman–Crippen LogP) is 1.79. The van der Waals surface area contributed by atoms with Gasteiger partial charge in [0.25, 0.3) is 5.91 Å². The Kier molecular flexibility index (Phi) is 6.62. The molecule has 2 rings (SSSR count). The van der Waals surface area contributed by atoms with Gasteiger partial charge in [0.05, 0.1) is 45.9 Å². The third-order valence-corrected chi connectivity index (χ3v) is 3.83. The second-order valence-electron chi connectivity index (χ2n) is 5.43. The third kappa shape index (κ3) is 4.54. The molecule has 3 N–H and O–H groups in total. The molecular weight excluding hydrogens is 340 g/mol. The zero-order valence-corrected chi connectivity index (χ0v) is 14.9. The number of carbonyl (C=O) groups excluding carboxylic acids is 2. The van der Waals surface area contributed by atoms with Gasteiger partial charge in [0.2, 0.25) is 0 Å². The first kappa shape index (κ1) is 19.3. The number of hydrogen-bond donors (Lipinski definition) is 2. The zero-order chi connectivity index (χ0) is 19.1. The first-order chi connectivity index (χ1) is 12.5. The Morgan fingerprint density at radius 1 is 1.15 bits per heavy atom. The van der Waals surface area contributed by atoms with Crippen molar-refractivity contribution in [1.29, 1.82) is 0 Å². The Morgan fingerprint density at radius 3 is 2.46 bits per heavy atom. The highest BCUT2D eigenvalue weighted by atomic mass is 16.5. The molecule has 2 aromatic rings. The van der Waals surface area contributed by atoms with Crippen molar-refractivity contribution in [2.45, 2.75) is 19.0 Å². The lowest BCUT2D eigenvalue weighted by Crippen LogP contribution is -2.30. The van der Waals surface area contributed by atoms with Gasteiger partial charge < -0.3 is 29.7 Å². The molecule has 0 fully saturated rings. The molecule has 1 amide bonds. The number of furan rings is 1. The lowest BCUT2D eigenvalue weighted by Gasteiger charge is -2.19. The van der Waals surface area contributed by atoms with Crippen molar-refractivity contribution in [2.75, 3.05) is 21.3 Å². The van der Waals surface area contributed by atoms with Crippen molar-refractivity contribution in [3.63, 3.8) is 0 Å². The number of methoxy groups -OCH3 is 3. The second-order valence-corrected chi connectivity index (χ2v) is 5.43. The van der Waals surface area contributed by atoms with Gasteiger partial charge in [-0.3, -0.25) is 9.59 Å². The van der Waals surface area contributed by atoms with Gasteiger partial charge in [-0.15, -0.1) is 0 Å². The van der Waals surface area contributed by atoms with E-state index in [0.29, 0.717) is 28.4 Å². The SMILES string of the molecule is COC(=O)CC(NC(=O)c1coc(CN)c1)c1ccc(OC)c(OC)c1. The highest BCUT2D eigenvalue weighted by molar-refractivity contribution is 5.94. The number of nitrogens with two attached hydrogens (primary N) is 1. The number of benzene rings is 1. The van der Waals surface area contributed by atoms with Crippen LogP contribution < -0.4 is 20.5 Å². The fourth-order valence-corrected chi connectivity index (χ4v) is 2.42. The van der Waals surface area contributed by atoms with E-state index in [0.717, 1.165) is 0 Å². The Morgan fingerprint density at radius 2 is 1.88 bits per heavy atom. The van der Waals surface area contributed by atoms with E-state index in [9.17, 15) is 9.59 Å². The maximum atomic E-state index is 12.5. The minimum atomic E-state index is -0.619. The van der Waals surface area contributed by atoms with Crippen LogP contribution in [0, 0.1) is 0 Å². The molecule has 0 aliphatic carbocycles. The van der Waals surface area contributed by atoms with Crippen LogP contribution in [0.25, 0.3) is 0 Å². The first-order valence-electron chi connectivity index (χ1n) is 7.89. The lowest BCUT2D eigenvalue weighted by molar-refractivity contribution is -0.141. The van der Waals surface area contributed by atoms with Crippen LogP contribution in [0.2, 0.25) is 0 Å². The average molecular weight is 362 g/mol. The quantitative estimate of drug-likeness (QED) is 0.688. The second kappa shape index (κ2) is 8.91. The van der Waals surface area contributed by atoms with Gasteiger partial charge in [-0.1, -0.05) is 6.07 Å². The van der Waals surface area contributed by atoms with Crippen molar-refractivity contribution in [3.8, 4) is 11.5 Å². The summed E-state index contributed by atoms with van der Waals surface area (Å²) in [7, 11) is 4.33. The summed E-state index contributed by atoms with van der Waals surface area (Å²) in [5.74, 6) is 0.674. The van der Waals surface area contributed by atoms with Gasteiger partial charge in [-0.05, 0) is 23.8 Å². The monoisotopic (exact) mass is 362 g/mol.